The predicted octanol–water partition coefficient (Wildman–Crippen LogP) is 3.47. The van der Waals surface area contributed by atoms with Crippen molar-refractivity contribution in [2.24, 2.45) is 7.05 Å². The van der Waals surface area contributed by atoms with Crippen molar-refractivity contribution in [2.75, 3.05) is 7.05 Å². The van der Waals surface area contributed by atoms with Crippen LogP contribution in [-0.4, -0.2) is 36.7 Å². The maximum Gasteiger partial charge on any atom is 0.156 e. The van der Waals surface area contributed by atoms with Crippen LogP contribution in [0.5, 0.6) is 0 Å². The van der Waals surface area contributed by atoms with Crippen molar-refractivity contribution < 1.29 is 4.39 Å². The molecule has 1 aliphatic rings. The summed E-state index contributed by atoms with van der Waals surface area (Å²) in [6.45, 7) is 3.21. The molecule has 0 aliphatic carbocycles. The Labute approximate surface area is 172 Å². The van der Waals surface area contributed by atoms with Gasteiger partial charge in [-0.05, 0) is 30.3 Å². The fourth-order valence-corrected chi connectivity index (χ4v) is 4.33. The molecule has 3 aromatic heterocycles. The fraction of sp³-hybridized carbons (Fsp3) is 0.273. The molecule has 0 spiro atoms. The van der Waals surface area contributed by atoms with Crippen molar-refractivity contribution in [2.45, 2.75) is 25.9 Å². The quantitative estimate of drug-likeness (QED) is 0.488. The minimum atomic E-state index is -0.257. The summed E-state index contributed by atoms with van der Waals surface area (Å²) in [6.07, 6.45) is 3.56. The average Bonchev–Trinajstić information content (AvgIpc) is 3.27. The molecule has 30 heavy (non-hydrogen) atoms. The van der Waals surface area contributed by atoms with Crippen LogP contribution < -0.4 is 0 Å². The van der Waals surface area contributed by atoms with Gasteiger partial charge in [0.15, 0.2) is 5.65 Å². The minimum Gasteiger partial charge on any atom is -0.344 e. The average molecular weight is 401 g/mol. The molecule has 0 saturated carbocycles. The van der Waals surface area contributed by atoms with Crippen molar-refractivity contribution in [1.29, 1.82) is 5.26 Å². The molecule has 0 saturated heterocycles. The molecular weight excluding hydrogens is 381 g/mol. The molecule has 2 bridgehead atoms. The Morgan fingerprint density at radius 1 is 1.23 bits per heavy atom. The Morgan fingerprint density at radius 2 is 2.07 bits per heavy atom. The van der Waals surface area contributed by atoms with Gasteiger partial charge in [0.2, 0.25) is 0 Å². The number of aromatic nitrogens is 5. The summed E-state index contributed by atoms with van der Waals surface area (Å²) in [6, 6.07) is 7.20. The summed E-state index contributed by atoms with van der Waals surface area (Å²) < 4.78 is 15.7. The summed E-state index contributed by atoms with van der Waals surface area (Å²) in [4.78, 5) is 14.7. The summed E-state index contributed by atoms with van der Waals surface area (Å²) in [7, 11) is 3.75. The Kier molecular flexibility index (Phi) is 4.15. The second-order valence-electron chi connectivity index (χ2n) is 7.84. The largest absolute Gasteiger partial charge is 0.344 e. The van der Waals surface area contributed by atoms with Crippen LogP contribution >= 0.6 is 0 Å². The SMILES string of the molecule is CC1c2cc(F)ccc2CN(C)Cc2nn(C)c(C#N)c2-c2cnc3[nH]cc1c3n2. The third-order valence-corrected chi connectivity index (χ3v) is 5.79. The first-order valence-corrected chi connectivity index (χ1v) is 9.73. The molecule has 0 amide bonds. The predicted molar refractivity (Wildman–Crippen MR) is 110 cm³/mol. The highest BCUT2D eigenvalue weighted by Crippen LogP contribution is 2.35. The van der Waals surface area contributed by atoms with Gasteiger partial charge < -0.3 is 4.98 Å². The van der Waals surface area contributed by atoms with Gasteiger partial charge in [0.1, 0.15) is 23.1 Å². The van der Waals surface area contributed by atoms with Gasteiger partial charge in [-0.3, -0.25) is 9.58 Å². The Hall–Kier alpha value is -3.57. The monoisotopic (exact) mass is 401 g/mol. The van der Waals surface area contributed by atoms with E-state index in [0.717, 1.165) is 27.9 Å². The first-order valence-electron chi connectivity index (χ1n) is 9.73. The Balaban J connectivity index is 1.82. The van der Waals surface area contributed by atoms with E-state index >= 15 is 0 Å². The second-order valence-corrected chi connectivity index (χ2v) is 7.84. The van der Waals surface area contributed by atoms with Crippen molar-refractivity contribution in [3.63, 3.8) is 0 Å². The van der Waals surface area contributed by atoms with E-state index in [2.05, 4.69) is 33.0 Å². The summed E-state index contributed by atoms with van der Waals surface area (Å²) in [5.74, 6) is -0.335. The molecule has 1 atom stereocenters. The molecule has 150 valence electrons. The van der Waals surface area contributed by atoms with Crippen LogP contribution in [0.25, 0.3) is 22.4 Å². The van der Waals surface area contributed by atoms with Crippen molar-refractivity contribution in [3.8, 4) is 17.3 Å². The maximum absolute atomic E-state index is 14.1. The smallest absolute Gasteiger partial charge is 0.156 e. The van der Waals surface area contributed by atoms with Crippen LogP contribution in [0, 0.1) is 17.1 Å². The number of nitriles is 1. The fourth-order valence-electron chi connectivity index (χ4n) is 4.33. The number of halogens is 1. The number of fused-ring (bicyclic) bond motifs is 4. The zero-order valence-corrected chi connectivity index (χ0v) is 16.9. The number of nitrogens with one attached hydrogen (secondary N) is 1. The normalized spacial score (nSPS) is 16.6. The second kappa shape index (κ2) is 6.75. The van der Waals surface area contributed by atoms with Gasteiger partial charge in [-0.1, -0.05) is 13.0 Å². The lowest BCUT2D eigenvalue weighted by Gasteiger charge is -2.22. The molecule has 1 N–H and O–H groups in total. The molecule has 0 fully saturated rings. The number of hydrogen-bond donors (Lipinski definition) is 1. The number of rotatable bonds is 0. The number of nitrogens with zero attached hydrogens (tertiary/aromatic N) is 6. The van der Waals surface area contributed by atoms with E-state index in [1.165, 1.54) is 6.07 Å². The zero-order chi connectivity index (χ0) is 21.0. The lowest BCUT2D eigenvalue weighted by atomic mass is 9.90. The van der Waals surface area contributed by atoms with Gasteiger partial charge in [-0.15, -0.1) is 0 Å². The molecule has 8 heteroatoms. The Bertz CT molecular complexity index is 1330. The van der Waals surface area contributed by atoms with E-state index in [1.54, 1.807) is 24.0 Å². The summed E-state index contributed by atoms with van der Waals surface area (Å²) >= 11 is 0. The van der Waals surface area contributed by atoms with Gasteiger partial charge in [0, 0.05) is 37.8 Å². The lowest BCUT2D eigenvalue weighted by molar-refractivity contribution is 0.313. The third-order valence-electron chi connectivity index (χ3n) is 5.79. The van der Waals surface area contributed by atoms with Crippen LogP contribution in [-0.2, 0) is 20.1 Å². The van der Waals surface area contributed by atoms with Gasteiger partial charge in [-0.25, -0.2) is 14.4 Å². The van der Waals surface area contributed by atoms with Gasteiger partial charge in [-0.2, -0.15) is 10.4 Å². The molecule has 5 rings (SSSR count). The number of H-pyrrole nitrogens is 1. The highest BCUT2D eigenvalue weighted by Gasteiger charge is 2.25. The van der Waals surface area contributed by atoms with E-state index in [4.69, 9.17) is 4.98 Å². The molecule has 1 aliphatic heterocycles. The summed E-state index contributed by atoms with van der Waals surface area (Å²) in [5, 5.41) is 14.3. The van der Waals surface area contributed by atoms with Crippen molar-refractivity contribution in [3.05, 3.63) is 64.5 Å². The van der Waals surface area contributed by atoms with Gasteiger partial charge >= 0.3 is 0 Å². The van der Waals surface area contributed by atoms with E-state index in [1.807, 2.05) is 19.3 Å². The van der Waals surface area contributed by atoms with Crippen LogP contribution in [0.4, 0.5) is 4.39 Å². The molecule has 4 heterocycles. The van der Waals surface area contributed by atoms with Gasteiger partial charge in [0.25, 0.3) is 0 Å². The summed E-state index contributed by atoms with van der Waals surface area (Å²) in [5.41, 5.74) is 6.84. The molecular formula is C22H20FN7. The standard InChI is InChI=1S/C22H20FN7/c1-12-15-6-14(23)5-4-13(15)10-29(2)11-18-20(19(7-24)30(3)28-18)17-9-26-22-21(27-17)16(12)8-25-22/h4-6,8-9,12H,10-11H2,1-3H3,(H,25,26). The first kappa shape index (κ1) is 18.5. The Morgan fingerprint density at radius 3 is 2.87 bits per heavy atom. The van der Waals surface area contributed by atoms with Crippen LogP contribution in [0.3, 0.4) is 0 Å². The highest BCUT2D eigenvalue weighted by atomic mass is 19.1. The van der Waals surface area contributed by atoms with Crippen LogP contribution in [0.15, 0.2) is 30.6 Å². The minimum absolute atomic E-state index is 0.0781. The number of aryl methyl sites for hydroxylation is 1. The first-order chi connectivity index (χ1) is 14.5. The number of benzene rings is 1. The molecule has 4 aromatic rings. The highest BCUT2D eigenvalue weighted by molar-refractivity contribution is 5.80. The molecule has 1 aromatic carbocycles. The topological polar surface area (TPSA) is 86.4 Å². The molecule has 0 radical (unpaired) electrons. The third kappa shape index (κ3) is 2.78. The van der Waals surface area contributed by atoms with E-state index in [0.29, 0.717) is 35.7 Å². The molecule has 1 unspecified atom stereocenters. The van der Waals surface area contributed by atoms with Gasteiger partial charge in [0.05, 0.1) is 23.1 Å². The van der Waals surface area contributed by atoms with E-state index in [9.17, 15) is 9.65 Å². The number of aromatic amines is 1. The maximum atomic E-state index is 14.1. The van der Waals surface area contributed by atoms with Crippen LogP contribution in [0.1, 0.15) is 40.9 Å². The lowest BCUT2D eigenvalue weighted by Crippen LogP contribution is -2.20. The van der Waals surface area contributed by atoms with E-state index in [-0.39, 0.29) is 11.7 Å². The molecule has 7 nitrogen and oxygen atoms in total. The number of hydrogen-bond acceptors (Lipinski definition) is 5. The van der Waals surface area contributed by atoms with Crippen LogP contribution in [0.2, 0.25) is 0 Å². The van der Waals surface area contributed by atoms with E-state index < -0.39 is 0 Å². The van der Waals surface area contributed by atoms with Crippen molar-refractivity contribution in [1.82, 2.24) is 29.6 Å². The zero-order valence-electron chi connectivity index (χ0n) is 16.9. The van der Waals surface area contributed by atoms with Crippen molar-refractivity contribution >= 4 is 11.2 Å².